The highest BCUT2D eigenvalue weighted by Crippen LogP contribution is 2.13. The lowest BCUT2D eigenvalue weighted by Crippen LogP contribution is -2.27. The van der Waals surface area contributed by atoms with Gasteiger partial charge in [0, 0.05) is 3.57 Å². The van der Waals surface area contributed by atoms with E-state index in [9.17, 15) is 9.59 Å². The lowest BCUT2D eigenvalue weighted by molar-refractivity contribution is -0.158. The van der Waals surface area contributed by atoms with Gasteiger partial charge in [-0.05, 0) is 55.5 Å². The third-order valence-electron chi connectivity index (χ3n) is 1.83. The summed E-state index contributed by atoms with van der Waals surface area (Å²) in [4.78, 5) is 23.1. The number of hydrogen-bond donors (Lipinski definition) is 0. The molecule has 4 nitrogen and oxygen atoms in total. The first-order valence-electron chi connectivity index (χ1n) is 5.43. The van der Waals surface area contributed by atoms with E-state index in [2.05, 4.69) is 0 Å². The van der Waals surface area contributed by atoms with Crippen LogP contribution < -0.4 is 0 Å². The van der Waals surface area contributed by atoms with Crippen molar-refractivity contribution < 1.29 is 19.1 Å². The molecule has 0 aliphatic rings. The molecule has 0 fully saturated rings. The second-order valence-corrected chi connectivity index (χ2v) is 5.80. The monoisotopic (exact) mass is 362 g/mol. The van der Waals surface area contributed by atoms with Crippen molar-refractivity contribution in [2.24, 2.45) is 0 Å². The molecule has 0 spiro atoms. The molecule has 0 amide bonds. The van der Waals surface area contributed by atoms with Crippen LogP contribution in [0.3, 0.4) is 0 Å². The zero-order valence-corrected chi connectivity index (χ0v) is 12.7. The molecular formula is C13H15IO4. The largest absolute Gasteiger partial charge is 0.457 e. The van der Waals surface area contributed by atoms with Crippen LogP contribution in [0.2, 0.25) is 0 Å². The van der Waals surface area contributed by atoms with E-state index in [0.717, 1.165) is 3.57 Å². The van der Waals surface area contributed by atoms with Crippen LogP contribution in [0.4, 0.5) is 0 Å². The number of ether oxygens (including phenoxy) is 2. The SMILES string of the molecule is CC(C)(C)OC(=O)COC(=O)c1ccccc1I. The standard InChI is InChI=1S/C13H15IO4/c1-13(2,3)18-11(15)8-17-12(16)9-6-4-5-7-10(9)14/h4-7H,8H2,1-3H3. The summed E-state index contributed by atoms with van der Waals surface area (Å²) < 4.78 is 10.7. The molecule has 0 aliphatic carbocycles. The average molecular weight is 362 g/mol. The number of benzene rings is 1. The minimum absolute atomic E-state index is 0.374. The van der Waals surface area contributed by atoms with E-state index in [1.54, 1.807) is 39.0 Å². The minimum Gasteiger partial charge on any atom is -0.457 e. The Bertz CT molecular complexity index is 449. The number of carbonyl (C=O) groups excluding carboxylic acids is 2. The number of carbonyl (C=O) groups is 2. The number of esters is 2. The molecule has 1 aromatic carbocycles. The Hall–Kier alpha value is -1.11. The smallest absolute Gasteiger partial charge is 0.344 e. The van der Waals surface area contributed by atoms with Crippen molar-refractivity contribution >= 4 is 34.5 Å². The van der Waals surface area contributed by atoms with Gasteiger partial charge in [0.05, 0.1) is 5.56 Å². The zero-order chi connectivity index (χ0) is 13.8. The highest BCUT2D eigenvalue weighted by Gasteiger charge is 2.18. The third kappa shape index (κ3) is 5.03. The van der Waals surface area contributed by atoms with E-state index >= 15 is 0 Å². The molecule has 0 aliphatic heterocycles. The van der Waals surface area contributed by atoms with Crippen LogP contribution in [0.1, 0.15) is 31.1 Å². The summed E-state index contributed by atoms with van der Waals surface area (Å²) in [5, 5.41) is 0. The van der Waals surface area contributed by atoms with Gasteiger partial charge in [-0.2, -0.15) is 0 Å². The highest BCUT2D eigenvalue weighted by atomic mass is 127. The molecule has 0 radical (unpaired) electrons. The van der Waals surface area contributed by atoms with Gasteiger partial charge in [0.1, 0.15) is 5.60 Å². The van der Waals surface area contributed by atoms with Crippen molar-refractivity contribution in [3.05, 3.63) is 33.4 Å². The van der Waals surface area contributed by atoms with Crippen molar-refractivity contribution in [3.8, 4) is 0 Å². The third-order valence-corrected chi connectivity index (χ3v) is 2.78. The Morgan fingerprint density at radius 3 is 2.39 bits per heavy atom. The fourth-order valence-corrected chi connectivity index (χ4v) is 1.81. The van der Waals surface area contributed by atoms with E-state index < -0.39 is 17.5 Å². The Morgan fingerprint density at radius 1 is 1.22 bits per heavy atom. The Kier molecular flexibility index (Phi) is 5.13. The number of hydrogen-bond acceptors (Lipinski definition) is 4. The van der Waals surface area contributed by atoms with Gasteiger partial charge in [-0.25, -0.2) is 9.59 Å². The molecule has 0 saturated carbocycles. The van der Waals surface area contributed by atoms with Gasteiger partial charge in [0.25, 0.3) is 0 Å². The molecule has 0 N–H and O–H groups in total. The second-order valence-electron chi connectivity index (χ2n) is 4.64. The van der Waals surface area contributed by atoms with E-state index in [0.29, 0.717) is 5.56 Å². The van der Waals surface area contributed by atoms with Crippen molar-refractivity contribution in [3.63, 3.8) is 0 Å². The summed E-state index contributed by atoms with van der Waals surface area (Å²) in [6.07, 6.45) is 0. The van der Waals surface area contributed by atoms with Gasteiger partial charge in [0.15, 0.2) is 6.61 Å². The maximum Gasteiger partial charge on any atom is 0.344 e. The van der Waals surface area contributed by atoms with Gasteiger partial charge in [-0.1, -0.05) is 12.1 Å². The molecule has 0 saturated heterocycles. The van der Waals surface area contributed by atoms with Gasteiger partial charge in [-0.15, -0.1) is 0 Å². The number of rotatable bonds is 3. The van der Waals surface area contributed by atoms with Gasteiger partial charge in [0.2, 0.25) is 0 Å². The molecule has 5 heteroatoms. The summed E-state index contributed by atoms with van der Waals surface area (Å²) in [7, 11) is 0. The Morgan fingerprint density at radius 2 is 1.83 bits per heavy atom. The lowest BCUT2D eigenvalue weighted by atomic mass is 10.2. The maximum absolute atomic E-state index is 11.7. The van der Waals surface area contributed by atoms with E-state index in [1.165, 1.54) is 0 Å². The van der Waals surface area contributed by atoms with E-state index in [1.807, 2.05) is 28.7 Å². The predicted molar refractivity (Wildman–Crippen MR) is 75.3 cm³/mol. The van der Waals surface area contributed by atoms with Crippen LogP contribution in [0, 0.1) is 3.57 Å². The molecule has 0 atom stereocenters. The fraction of sp³-hybridized carbons (Fsp3) is 0.385. The molecule has 1 rings (SSSR count). The van der Waals surface area contributed by atoms with Gasteiger partial charge >= 0.3 is 11.9 Å². The van der Waals surface area contributed by atoms with Crippen LogP contribution in [-0.4, -0.2) is 24.1 Å². The highest BCUT2D eigenvalue weighted by molar-refractivity contribution is 14.1. The maximum atomic E-state index is 11.7. The first kappa shape index (κ1) is 14.9. The first-order valence-corrected chi connectivity index (χ1v) is 6.51. The number of halogens is 1. The molecule has 0 heterocycles. The topological polar surface area (TPSA) is 52.6 Å². The van der Waals surface area contributed by atoms with Crippen LogP contribution in [0.15, 0.2) is 24.3 Å². The van der Waals surface area contributed by atoms with Crippen LogP contribution >= 0.6 is 22.6 Å². The summed E-state index contributed by atoms with van der Waals surface area (Å²) in [5.74, 6) is -1.08. The van der Waals surface area contributed by atoms with Crippen LogP contribution in [0.25, 0.3) is 0 Å². The lowest BCUT2D eigenvalue weighted by Gasteiger charge is -2.19. The van der Waals surface area contributed by atoms with Crippen molar-refractivity contribution in [1.29, 1.82) is 0 Å². The van der Waals surface area contributed by atoms with Gasteiger partial charge < -0.3 is 9.47 Å². The normalized spacial score (nSPS) is 10.9. The van der Waals surface area contributed by atoms with Crippen molar-refractivity contribution in [1.82, 2.24) is 0 Å². The predicted octanol–water partition coefficient (Wildman–Crippen LogP) is 2.79. The van der Waals surface area contributed by atoms with Crippen LogP contribution in [-0.2, 0) is 14.3 Å². The average Bonchev–Trinajstić information content (AvgIpc) is 2.24. The summed E-state index contributed by atoms with van der Waals surface area (Å²) >= 11 is 2.04. The van der Waals surface area contributed by atoms with Gasteiger partial charge in [-0.3, -0.25) is 0 Å². The minimum atomic E-state index is -0.579. The molecule has 0 bridgehead atoms. The second kappa shape index (κ2) is 6.17. The molecular weight excluding hydrogens is 347 g/mol. The Balaban J connectivity index is 2.52. The summed E-state index contributed by atoms with van der Waals surface area (Å²) in [6.45, 7) is 4.90. The zero-order valence-electron chi connectivity index (χ0n) is 10.5. The van der Waals surface area contributed by atoms with E-state index in [4.69, 9.17) is 9.47 Å². The molecule has 18 heavy (non-hydrogen) atoms. The molecule has 98 valence electrons. The Labute approximate surface area is 120 Å². The summed E-state index contributed by atoms with van der Waals surface area (Å²) in [5.41, 5.74) is -0.133. The molecule has 0 unspecified atom stereocenters. The first-order chi connectivity index (χ1) is 8.29. The quantitative estimate of drug-likeness (QED) is 0.613. The van der Waals surface area contributed by atoms with Crippen molar-refractivity contribution in [2.45, 2.75) is 26.4 Å². The molecule has 0 aromatic heterocycles. The summed E-state index contributed by atoms with van der Waals surface area (Å²) in [6, 6.07) is 7.02. The van der Waals surface area contributed by atoms with Crippen LogP contribution in [0.5, 0.6) is 0 Å². The van der Waals surface area contributed by atoms with E-state index in [-0.39, 0.29) is 6.61 Å². The van der Waals surface area contributed by atoms with Crippen molar-refractivity contribution in [2.75, 3.05) is 6.61 Å². The fourth-order valence-electron chi connectivity index (χ4n) is 1.20. The molecule has 1 aromatic rings.